The minimum atomic E-state index is 0.276. The third-order valence-electron chi connectivity index (χ3n) is 4.48. The van der Waals surface area contributed by atoms with Crippen molar-refractivity contribution in [3.63, 3.8) is 0 Å². The summed E-state index contributed by atoms with van der Waals surface area (Å²) in [6.07, 6.45) is 6.81. The molecule has 1 atom stereocenters. The number of aromatic nitrogens is 4. The molecule has 1 fully saturated rings. The molecule has 3 heterocycles. The van der Waals surface area contributed by atoms with Crippen LogP contribution in [-0.2, 0) is 11.2 Å². The molecule has 6 nitrogen and oxygen atoms in total. The van der Waals surface area contributed by atoms with E-state index in [1.54, 1.807) is 12.5 Å². The van der Waals surface area contributed by atoms with Crippen LogP contribution in [-0.4, -0.2) is 46.0 Å². The van der Waals surface area contributed by atoms with Gasteiger partial charge in [0.25, 0.3) is 0 Å². The molecule has 6 heteroatoms. The van der Waals surface area contributed by atoms with Crippen LogP contribution in [0.1, 0.15) is 18.4 Å². The lowest BCUT2D eigenvalue weighted by molar-refractivity contribution is 0.0667. The van der Waals surface area contributed by atoms with Gasteiger partial charge in [-0.25, -0.2) is 9.97 Å². The van der Waals surface area contributed by atoms with E-state index in [9.17, 15) is 0 Å². The van der Waals surface area contributed by atoms with E-state index in [0.29, 0.717) is 0 Å². The van der Waals surface area contributed by atoms with E-state index in [1.807, 2.05) is 0 Å². The number of ether oxygens (including phenoxy) is 1. The number of anilines is 1. The van der Waals surface area contributed by atoms with Crippen LogP contribution in [0.25, 0.3) is 11.0 Å². The highest BCUT2D eigenvalue weighted by Crippen LogP contribution is 2.25. The molecule has 0 bridgehead atoms. The quantitative estimate of drug-likeness (QED) is 0.706. The van der Waals surface area contributed by atoms with Crippen LogP contribution in [0.5, 0.6) is 0 Å². The first-order chi connectivity index (χ1) is 11.9. The molecule has 1 N–H and O–H groups in total. The average Bonchev–Trinajstić information content (AvgIpc) is 3.28. The van der Waals surface area contributed by atoms with Crippen molar-refractivity contribution in [2.45, 2.75) is 25.4 Å². The van der Waals surface area contributed by atoms with Gasteiger partial charge in [0.1, 0.15) is 12.1 Å². The Kier molecular flexibility index (Phi) is 4.38. The van der Waals surface area contributed by atoms with Crippen molar-refractivity contribution >= 4 is 16.9 Å². The summed E-state index contributed by atoms with van der Waals surface area (Å²) in [7, 11) is 0. The summed E-state index contributed by atoms with van der Waals surface area (Å²) in [6, 6.07) is 10.6. The van der Waals surface area contributed by atoms with Crippen LogP contribution < -0.4 is 4.90 Å². The van der Waals surface area contributed by atoms with Crippen LogP contribution in [0.4, 0.5) is 5.82 Å². The maximum absolute atomic E-state index is 6.06. The fourth-order valence-corrected chi connectivity index (χ4v) is 3.23. The Morgan fingerprint density at radius 1 is 1.21 bits per heavy atom. The molecular formula is C18H21N5O. The molecule has 1 saturated heterocycles. The Hall–Kier alpha value is -2.47. The minimum Gasteiger partial charge on any atom is -0.376 e. The Morgan fingerprint density at radius 2 is 2.12 bits per heavy atom. The van der Waals surface area contributed by atoms with Gasteiger partial charge in [-0.05, 0) is 24.8 Å². The van der Waals surface area contributed by atoms with Gasteiger partial charge in [-0.3, -0.25) is 5.10 Å². The topological polar surface area (TPSA) is 66.9 Å². The maximum atomic E-state index is 6.06. The zero-order valence-electron chi connectivity index (χ0n) is 13.6. The van der Waals surface area contributed by atoms with Gasteiger partial charge in [0.05, 0.1) is 17.7 Å². The fourth-order valence-electron chi connectivity index (χ4n) is 3.23. The molecule has 1 aliphatic rings. The number of hydrogen-bond acceptors (Lipinski definition) is 5. The molecule has 1 aromatic carbocycles. The van der Waals surface area contributed by atoms with Crippen LogP contribution in [0, 0.1) is 0 Å². The lowest BCUT2D eigenvalue weighted by atomic mass is 10.1. The first-order valence-corrected chi connectivity index (χ1v) is 8.45. The predicted octanol–water partition coefficient (Wildman–Crippen LogP) is 2.58. The lowest BCUT2D eigenvalue weighted by Gasteiger charge is -2.18. The summed E-state index contributed by atoms with van der Waals surface area (Å²) in [5.41, 5.74) is 2.16. The largest absolute Gasteiger partial charge is 0.376 e. The highest BCUT2D eigenvalue weighted by molar-refractivity contribution is 5.86. The van der Waals surface area contributed by atoms with E-state index in [0.717, 1.165) is 55.8 Å². The van der Waals surface area contributed by atoms with Crippen molar-refractivity contribution in [1.29, 1.82) is 0 Å². The number of nitrogens with one attached hydrogen (secondary N) is 1. The molecule has 0 radical (unpaired) electrons. The van der Waals surface area contributed by atoms with Gasteiger partial charge in [-0.2, -0.15) is 5.10 Å². The standard InChI is InChI=1S/C18H21N5O/c1-2-5-14(6-3-1)7-4-10-24-15-8-9-23(12-15)18-16-11-21-22-17(16)19-13-20-18/h1-3,5-6,11,13,15H,4,7-10,12H2,(H,19,20,21,22). The van der Waals surface area contributed by atoms with Gasteiger partial charge in [0.15, 0.2) is 5.65 Å². The number of nitrogens with zero attached hydrogens (tertiary/aromatic N) is 4. The van der Waals surface area contributed by atoms with Crippen LogP contribution in [0.2, 0.25) is 0 Å². The van der Waals surface area contributed by atoms with Gasteiger partial charge in [-0.15, -0.1) is 0 Å². The van der Waals surface area contributed by atoms with E-state index in [1.165, 1.54) is 5.56 Å². The molecule has 3 aromatic rings. The second-order valence-electron chi connectivity index (χ2n) is 6.15. The SMILES string of the molecule is c1ccc(CCCOC2CCN(c3ncnc4[nH]ncc34)C2)cc1. The second-order valence-corrected chi connectivity index (χ2v) is 6.15. The Labute approximate surface area is 140 Å². The smallest absolute Gasteiger partial charge is 0.160 e. The van der Waals surface area contributed by atoms with Gasteiger partial charge in [0, 0.05) is 19.7 Å². The monoisotopic (exact) mass is 323 g/mol. The molecule has 0 spiro atoms. The van der Waals surface area contributed by atoms with E-state index in [2.05, 4.69) is 55.4 Å². The molecule has 0 saturated carbocycles. The first-order valence-electron chi connectivity index (χ1n) is 8.45. The van der Waals surface area contributed by atoms with E-state index in [-0.39, 0.29) is 6.10 Å². The van der Waals surface area contributed by atoms with Crippen molar-refractivity contribution in [2.24, 2.45) is 0 Å². The Balaban J connectivity index is 1.28. The lowest BCUT2D eigenvalue weighted by Crippen LogP contribution is -2.24. The van der Waals surface area contributed by atoms with Gasteiger partial charge >= 0.3 is 0 Å². The van der Waals surface area contributed by atoms with Gasteiger partial charge < -0.3 is 9.64 Å². The Bertz CT molecular complexity index is 788. The van der Waals surface area contributed by atoms with Crippen LogP contribution in [0.15, 0.2) is 42.9 Å². The van der Waals surface area contributed by atoms with E-state index >= 15 is 0 Å². The van der Waals surface area contributed by atoms with Crippen molar-refractivity contribution in [1.82, 2.24) is 20.2 Å². The number of aromatic amines is 1. The summed E-state index contributed by atoms with van der Waals surface area (Å²) >= 11 is 0. The summed E-state index contributed by atoms with van der Waals surface area (Å²) < 4.78 is 6.06. The summed E-state index contributed by atoms with van der Waals surface area (Å²) in [4.78, 5) is 10.9. The van der Waals surface area contributed by atoms with Crippen LogP contribution in [0.3, 0.4) is 0 Å². The molecule has 1 aliphatic heterocycles. The predicted molar refractivity (Wildman–Crippen MR) is 93.0 cm³/mol. The van der Waals surface area contributed by atoms with Crippen molar-refractivity contribution in [3.05, 3.63) is 48.4 Å². The molecule has 0 amide bonds. The van der Waals surface area contributed by atoms with Crippen LogP contribution >= 0.6 is 0 Å². The van der Waals surface area contributed by atoms with Gasteiger partial charge in [0.2, 0.25) is 0 Å². The molecule has 1 unspecified atom stereocenters. The fraction of sp³-hybridized carbons (Fsp3) is 0.389. The summed E-state index contributed by atoms with van der Waals surface area (Å²) in [6.45, 7) is 2.64. The maximum Gasteiger partial charge on any atom is 0.160 e. The first kappa shape index (κ1) is 15.1. The number of fused-ring (bicyclic) bond motifs is 1. The van der Waals surface area contributed by atoms with Crippen molar-refractivity contribution < 1.29 is 4.74 Å². The number of benzene rings is 1. The number of H-pyrrole nitrogens is 1. The number of rotatable bonds is 6. The highest BCUT2D eigenvalue weighted by atomic mass is 16.5. The minimum absolute atomic E-state index is 0.276. The average molecular weight is 323 g/mol. The zero-order chi connectivity index (χ0) is 16.2. The van der Waals surface area contributed by atoms with Gasteiger partial charge in [-0.1, -0.05) is 30.3 Å². The molecule has 24 heavy (non-hydrogen) atoms. The molecule has 124 valence electrons. The normalized spacial score (nSPS) is 17.7. The summed E-state index contributed by atoms with van der Waals surface area (Å²) in [5, 5.41) is 7.92. The van der Waals surface area contributed by atoms with Crippen molar-refractivity contribution in [2.75, 3.05) is 24.6 Å². The van der Waals surface area contributed by atoms with Crippen molar-refractivity contribution in [3.8, 4) is 0 Å². The summed E-state index contributed by atoms with van der Waals surface area (Å²) in [5.74, 6) is 0.948. The third kappa shape index (κ3) is 3.23. The molecule has 2 aromatic heterocycles. The molecule has 0 aliphatic carbocycles. The third-order valence-corrected chi connectivity index (χ3v) is 4.48. The molecule has 4 rings (SSSR count). The van der Waals surface area contributed by atoms with E-state index in [4.69, 9.17) is 4.74 Å². The van der Waals surface area contributed by atoms with E-state index < -0.39 is 0 Å². The number of hydrogen-bond donors (Lipinski definition) is 1. The second kappa shape index (κ2) is 6.97. The number of aryl methyl sites for hydroxylation is 1. The molecular weight excluding hydrogens is 302 g/mol. The highest BCUT2D eigenvalue weighted by Gasteiger charge is 2.25. The zero-order valence-corrected chi connectivity index (χ0v) is 13.6. The Morgan fingerprint density at radius 3 is 3.04 bits per heavy atom.